The van der Waals surface area contributed by atoms with Crippen LogP contribution in [0, 0.1) is 5.41 Å². The molecule has 3 aliphatic heterocycles. The standard InChI is InChI=1S/C64H102N14O15/c1-63-39-65-31-34-68-42-64(43-69-35-32-66-40-63,44-70-36-33-67-41-63)78-55(82)26-16-25-54(81)73-50(37-45-17-6-4-7-18-45)57(85)75-51(38-46-19-8-5-9-20-46)58(86)74-47(59(87)88)21-12-14-29-71-52(79)23-10-2-3-11-24-53(80)72-30-15-13-22-48(60(89)90)76-62(93)77-49(61(91)92)27-28-56(83)84/h4-9,17-20,47-51,65-70H,2-3,10-16,21-44H2,1H3,(H,71,79)(H,72,80)(H,73,81)(H,74,86)(H,75,85)(H,78,82)(H,83,84)(H,87,88)(H,89,90)(H,91,92)(H2,76,77,93)/t47?,48?,49?,50?,51-,63?,64?/m1/s1. The molecular formula is C64H102N14O15. The number of carbonyl (C=O) groups is 11. The van der Waals surface area contributed by atoms with Crippen LogP contribution in [0.1, 0.15) is 127 Å². The third-order valence-electron chi connectivity index (χ3n) is 16.1. The zero-order valence-electron chi connectivity index (χ0n) is 53.8. The Morgan fingerprint density at radius 3 is 1.20 bits per heavy atom. The third kappa shape index (κ3) is 33.5. The lowest BCUT2D eigenvalue weighted by Crippen LogP contribution is -2.66. The van der Waals surface area contributed by atoms with Crippen LogP contribution in [0.25, 0.3) is 0 Å². The Morgan fingerprint density at radius 2 is 0.774 bits per heavy atom. The van der Waals surface area contributed by atoms with Gasteiger partial charge in [0.15, 0.2) is 0 Å². The minimum atomic E-state index is -1.52. The molecule has 3 fully saturated rings. The Labute approximate surface area is 544 Å². The van der Waals surface area contributed by atoms with Crippen LogP contribution in [-0.4, -0.2) is 213 Å². The van der Waals surface area contributed by atoms with Crippen molar-refractivity contribution in [3.8, 4) is 0 Å². The molecule has 0 aromatic heterocycles. The number of carboxylic acid groups (broad SMARTS) is 4. The molecule has 29 nitrogen and oxygen atoms in total. The van der Waals surface area contributed by atoms with Gasteiger partial charge in [0, 0.05) is 142 Å². The number of hydrogen-bond acceptors (Lipinski definition) is 17. The second-order valence-corrected chi connectivity index (χ2v) is 24.5. The van der Waals surface area contributed by atoms with Gasteiger partial charge in [0.25, 0.3) is 0 Å². The van der Waals surface area contributed by atoms with Gasteiger partial charge in [-0.25, -0.2) is 19.2 Å². The molecule has 3 saturated heterocycles. The largest absolute Gasteiger partial charge is 0.481 e. The predicted octanol–water partition coefficient (Wildman–Crippen LogP) is -0.409. The van der Waals surface area contributed by atoms with Crippen molar-refractivity contribution in [2.45, 2.75) is 165 Å². The summed E-state index contributed by atoms with van der Waals surface area (Å²) in [6.07, 6.45) is 3.84. The fraction of sp³-hybridized carbons (Fsp3) is 0.641. The van der Waals surface area contributed by atoms with Gasteiger partial charge in [-0.05, 0) is 75.3 Å². The Hall–Kier alpha value is -7.83. The zero-order valence-corrected chi connectivity index (χ0v) is 53.8. The average Bonchev–Trinajstić information content (AvgIpc) is 2.95. The van der Waals surface area contributed by atoms with Crippen LogP contribution >= 0.6 is 0 Å². The first kappa shape index (κ1) is 77.6. The molecule has 0 aliphatic carbocycles. The van der Waals surface area contributed by atoms with Gasteiger partial charge in [-0.2, -0.15) is 0 Å². The van der Waals surface area contributed by atoms with Crippen molar-refractivity contribution in [1.82, 2.24) is 74.4 Å². The lowest BCUT2D eigenvalue weighted by Gasteiger charge is -2.37. The maximum Gasteiger partial charge on any atom is 0.326 e. The summed E-state index contributed by atoms with van der Waals surface area (Å²) >= 11 is 0. The first-order valence-corrected chi connectivity index (χ1v) is 32.7. The van der Waals surface area contributed by atoms with Gasteiger partial charge in [-0.15, -0.1) is 0 Å². The molecule has 4 unspecified atom stereocenters. The minimum Gasteiger partial charge on any atom is -0.481 e. The van der Waals surface area contributed by atoms with Crippen LogP contribution in [0.15, 0.2) is 60.7 Å². The average molecular weight is 1310 g/mol. The van der Waals surface area contributed by atoms with Gasteiger partial charge in [0.2, 0.25) is 35.4 Å². The molecule has 2 aromatic rings. The van der Waals surface area contributed by atoms with Gasteiger partial charge in [-0.1, -0.05) is 80.4 Å². The molecule has 8 amide bonds. The summed E-state index contributed by atoms with van der Waals surface area (Å²) in [5.41, 5.74) is 0.788. The monoisotopic (exact) mass is 1310 g/mol. The summed E-state index contributed by atoms with van der Waals surface area (Å²) < 4.78 is 0. The van der Waals surface area contributed by atoms with Gasteiger partial charge >= 0.3 is 29.9 Å². The number of urea groups is 1. The summed E-state index contributed by atoms with van der Waals surface area (Å²) in [4.78, 5) is 139. The summed E-state index contributed by atoms with van der Waals surface area (Å²) in [5, 5.41) is 80.5. The molecule has 518 valence electrons. The van der Waals surface area contributed by atoms with Gasteiger partial charge < -0.3 is 94.9 Å². The zero-order chi connectivity index (χ0) is 67.7. The number of fused-ring (bicyclic) bond motifs is 15. The SMILES string of the molecule is CC12CNCCNCC(NC(=O)CCCC(=O)NC(Cc3ccccc3)C(=O)N[C@H](Cc3ccccc3)C(=O)NC(CCCCNC(=O)CCCCCCC(=O)NCCCCC(NC(=O)NC(CCC(=O)O)C(=O)O)C(=O)O)C(=O)O)(CNCCNC1)CNCCNC2. The van der Waals surface area contributed by atoms with Crippen LogP contribution < -0.4 is 74.4 Å². The molecule has 0 spiro atoms. The second-order valence-electron chi connectivity index (χ2n) is 24.5. The van der Waals surface area contributed by atoms with Crippen molar-refractivity contribution in [3.63, 3.8) is 0 Å². The van der Waals surface area contributed by atoms with E-state index in [0.717, 1.165) is 44.8 Å². The van der Waals surface area contributed by atoms with Crippen LogP contribution in [0.5, 0.6) is 0 Å². The Kier molecular flexibility index (Phi) is 36.6. The smallest absolute Gasteiger partial charge is 0.326 e. The molecule has 3 aliphatic rings. The van der Waals surface area contributed by atoms with Crippen molar-refractivity contribution >= 4 is 65.4 Å². The highest BCUT2D eigenvalue weighted by atomic mass is 16.4. The molecule has 0 radical (unpaired) electrons. The van der Waals surface area contributed by atoms with E-state index in [2.05, 4.69) is 81.4 Å². The van der Waals surface area contributed by atoms with Crippen LogP contribution in [0.3, 0.4) is 0 Å². The summed E-state index contributed by atoms with van der Waals surface area (Å²) in [6.45, 7) is 11.2. The number of aliphatic carboxylic acids is 4. The number of hydrogen-bond donors (Lipinski definition) is 18. The molecule has 29 heteroatoms. The Balaban J connectivity index is 1.20. The third-order valence-corrected chi connectivity index (χ3v) is 16.1. The van der Waals surface area contributed by atoms with E-state index >= 15 is 0 Å². The molecule has 2 aromatic carbocycles. The quantitative estimate of drug-likeness (QED) is 0.0378. The van der Waals surface area contributed by atoms with Gasteiger partial charge in [-0.3, -0.25) is 33.6 Å². The molecule has 3 heterocycles. The number of rotatable bonds is 39. The number of amides is 8. The summed E-state index contributed by atoms with van der Waals surface area (Å²) in [7, 11) is 0. The molecule has 5 atom stereocenters. The molecule has 5 rings (SSSR count). The number of nitrogens with one attached hydrogen (secondary N) is 14. The van der Waals surface area contributed by atoms with Crippen molar-refractivity contribution in [2.75, 3.05) is 91.6 Å². The lowest BCUT2D eigenvalue weighted by atomic mass is 9.90. The maximum atomic E-state index is 14.3. The number of carboxylic acids is 4. The lowest BCUT2D eigenvalue weighted by molar-refractivity contribution is -0.143. The number of carbonyl (C=O) groups excluding carboxylic acids is 7. The topological polar surface area (TPSA) is 437 Å². The highest BCUT2D eigenvalue weighted by Crippen LogP contribution is 2.15. The summed E-state index contributed by atoms with van der Waals surface area (Å²) in [5.74, 6) is -7.83. The van der Waals surface area contributed by atoms with Gasteiger partial charge in [0.05, 0.1) is 5.54 Å². The number of benzene rings is 2. The van der Waals surface area contributed by atoms with E-state index in [-0.39, 0.29) is 100 Å². The first-order chi connectivity index (χ1) is 44.6. The maximum absolute atomic E-state index is 14.3. The molecule has 18 N–H and O–H groups in total. The highest BCUT2D eigenvalue weighted by molar-refractivity contribution is 5.94. The van der Waals surface area contributed by atoms with E-state index in [1.165, 1.54) is 0 Å². The van der Waals surface area contributed by atoms with E-state index in [4.69, 9.17) is 5.11 Å². The normalized spacial score (nSPS) is 18.8. The second kappa shape index (κ2) is 43.9. The molecule has 93 heavy (non-hydrogen) atoms. The van der Waals surface area contributed by atoms with E-state index in [9.17, 15) is 68.1 Å². The van der Waals surface area contributed by atoms with Crippen molar-refractivity contribution in [3.05, 3.63) is 71.8 Å². The van der Waals surface area contributed by atoms with E-state index < -0.39 is 89.8 Å². The molecule has 2 bridgehead atoms. The van der Waals surface area contributed by atoms with Crippen molar-refractivity contribution in [1.29, 1.82) is 0 Å². The van der Waals surface area contributed by atoms with Crippen molar-refractivity contribution < 1.29 is 73.2 Å². The van der Waals surface area contributed by atoms with E-state index in [1.807, 2.05) is 18.2 Å². The summed E-state index contributed by atoms with van der Waals surface area (Å²) in [6, 6.07) is 10.3. The minimum absolute atomic E-state index is 0.00571. The Morgan fingerprint density at radius 1 is 0.398 bits per heavy atom. The predicted molar refractivity (Wildman–Crippen MR) is 347 cm³/mol. The van der Waals surface area contributed by atoms with Crippen LogP contribution in [0.2, 0.25) is 0 Å². The van der Waals surface area contributed by atoms with Crippen molar-refractivity contribution in [2.24, 2.45) is 5.41 Å². The first-order valence-electron chi connectivity index (χ1n) is 32.7. The fourth-order valence-corrected chi connectivity index (χ4v) is 10.8. The Bertz CT molecular complexity index is 2620. The van der Waals surface area contributed by atoms with Gasteiger partial charge in [0.1, 0.15) is 30.2 Å². The molecule has 0 saturated carbocycles. The molecular weight excluding hydrogens is 1200 g/mol. The van der Waals surface area contributed by atoms with E-state index in [1.54, 1.807) is 42.5 Å². The number of unbranched alkanes of at least 4 members (excludes halogenated alkanes) is 5. The van der Waals surface area contributed by atoms with Crippen LogP contribution in [0.4, 0.5) is 4.79 Å². The van der Waals surface area contributed by atoms with E-state index in [0.29, 0.717) is 96.2 Å². The fourth-order valence-electron chi connectivity index (χ4n) is 10.8. The highest BCUT2D eigenvalue weighted by Gasteiger charge is 2.34. The van der Waals surface area contributed by atoms with Crippen LogP contribution in [-0.2, 0) is 60.8 Å².